The van der Waals surface area contributed by atoms with E-state index in [0.717, 1.165) is 0 Å². The number of halogens is 2. The molecule has 0 aliphatic heterocycles. The minimum absolute atomic E-state index is 0.0825. The fourth-order valence-corrected chi connectivity index (χ4v) is 1.80. The lowest BCUT2D eigenvalue weighted by molar-refractivity contribution is 0.305. The van der Waals surface area contributed by atoms with E-state index in [-0.39, 0.29) is 18.3 Å². The van der Waals surface area contributed by atoms with Gasteiger partial charge in [0.2, 0.25) is 0 Å². The normalized spacial score (nSPS) is 10.2. The number of amidine groups is 1. The molecule has 0 fully saturated rings. The highest BCUT2D eigenvalue weighted by molar-refractivity contribution is 6.31. The van der Waals surface area contributed by atoms with Gasteiger partial charge in [0.1, 0.15) is 24.0 Å². The molecule has 0 saturated heterocycles. The maximum absolute atomic E-state index is 13.1. The number of benzene rings is 2. The molecule has 19 heavy (non-hydrogen) atoms. The lowest BCUT2D eigenvalue weighted by Crippen LogP contribution is -2.13. The Morgan fingerprint density at radius 3 is 2.74 bits per heavy atom. The van der Waals surface area contributed by atoms with Gasteiger partial charge < -0.3 is 10.5 Å². The summed E-state index contributed by atoms with van der Waals surface area (Å²) in [4.78, 5) is 0. The molecule has 0 atom stereocenters. The van der Waals surface area contributed by atoms with Crippen LogP contribution in [-0.2, 0) is 6.61 Å². The van der Waals surface area contributed by atoms with Crippen molar-refractivity contribution in [3.63, 3.8) is 0 Å². The summed E-state index contributed by atoms with van der Waals surface area (Å²) in [5.41, 5.74) is 6.49. The molecule has 0 spiro atoms. The molecule has 0 heterocycles. The van der Waals surface area contributed by atoms with Crippen LogP contribution in [0.2, 0.25) is 5.02 Å². The van der Waals surface area contributed by atoms with Gasteiger partial charge in [-0.1, -0.05) is 23.7 Å². The van der Waals surface area contributed by atoms with Crippen LogP contribution in [0, 0.1) is 11.2 Å². The Kier molecular flexibility index (Phi) is 4.02. The van der Waals surface area contributed by atoms with Gasteiger partial charge in [-0.25, -0.2) is 4.39 Å². The number of rotatable bonds is 4. The molecular formula is C14H12ClFN2O. The number of nitrogen functional groups attached to an aromatic ring is 1. The van der Waals surface area contributed by atoms with E-state index in [9.17, 15) is 4.39 Å². The zero-order valence-electron chi connectivity index (χ0n) is 9.99. The second-order valence-corrected chi connectivity index (χ2v) is 4.34. The first-order valence-corrected chi connectivity index (χ1v) is 5.96. The van der Waals surface area contributed by atoms with E-state index < -0.39 is 0 Å². The second-order valence-electron chi connectivity index (χ2n) is 3.93. The SMILES string of the molecule is N=C(N)c1ccccc1OCc1cc(F)ccc1Cl. The predicted octanol–water partition coefficient (Wildman–Crippen LogP) is 3.34. The van der Waals surface area contributed by atoms with Crippen molar-refractivity contribution >= 4 is 17.4 Å². The highest BCUT2D eigenvalue weighted by atomic mass is 35.5. The standard InChI is InChI=1S/C14H12ClFN2O/c15-12-6-5-10(16)7-9(12)8-19-13-4-2-1-3-11(13)14(17)18/h1-7H,8H2,(H3,17,18). The number of nitrogens with one attached hydrogen (secondary N) is 1. The number of hydrogen-bond donors (Lipinski definition) is 2. The zero-order chi connectivity index (χ0) is 13.8. The second kappa shape index (κ2) is 5.71. The Hall–Kier alpha value is -2.07. The van der Waals surface area contributed by atoms with E-state index in [0.29, 0.717) is 21.9 Å². The van der Waals surface area contributed by atoms with Crippen LogP contribution in [0.5, 0.6) is 5.75 Å². The first kappa shape index (κ1) is 13.4. The lowest BCUT2D eigenvalue weighted by atomic mass is 10.2. The topological polar surface area (TPSA) is 59.1 Å². The van der Waals surface area contributed by atoms with Gasteiger partial charge in [-0.05, 0) is 30.3 Å². The van der Waals surface area contributed by atoms with Crippen molar-refractivity contribution in [2.75, 3.05) is 0 Å². The van der Waals surface area contributed by atoms with Gasteiger partial charge in [0.25, 0.3) is 0 Å². The Balaban J connectivity index is 2.19. The molecule has 98 valence electrons. The van der Waals surface area contributed by atoms with Crippen LogP contribution in [0.15, 0.2) is 42.5 Å². The summed E-state index contributed by atoms with van der Waals surface area (Å²) in [5, 5.41) is 7.88. The molecule has 0 aliphatic rings. The van der Waals surface area contributed by atoms with Gasteiger partial charge in [-0.2, -0.15) is 0 Å². The molecule has 2 rings (SSSR count). The van der Waals surface area contributed by atoms with Gasteiger partial charge in [0, 0.05) is 10.6 Å². The van der Waals surface area contributed by atoms with Gasteiger partial charge in [-0.15, -0.1) is 0 Å². The van der Waals surface area contributed by atoms with Gasteiger partial charge in [0.05, 0.1) is 5.56 Å². The van der Waals surface area contributed by atoms with E-state index >= 15 is 0 Å². The van der Waals surface area contributed by atoms with Crippen molar-refractivity contribution in [2.45, 2.75) is 6.61 Å². The van der Waals surface area contributed by atoms with Crippen molar-refractivity contribution in [1.29, 1.82) is 5.41 Å². The first-order chi connectivity index (χ1) is 9.08. The van der Waals surface area contributed by atoms with Crippen molar-refractivity contribution < 1.29 is 9.13 Å². The van der Waals surface area contributed by atoms with Crippen LogP contribution in [0.1, 0.15) is 11.1 Å². The molecule has 3 N–H and O–H groups in total. The Bertz CT molecular complexity index is 616. The lowest BCUT2D eigenvalue weighted by Gasteiger charge is -2.11. The van der Waals surface area contributed by atoms with Gasteiger partial charge in [-0.3, -0.25) is 5.41 Å². The summed E-state index contributed by atoms with van der Waals surface area (Å²) in [6.07, 6.45) is 0. The molecule has 5 heteroatoms. The van der Waals surface area contributed by atoms with Crippen LogP contribution in [0.4, 0.5) is 4.39 Å². The smallest absolute Gasteiger partial charge is 0.130 e. The van der Waals surface area contributed by atoms with Crippen LogP contribution in [0.3, 0.4) is 0 Å². The monoisotopic (exact) mass is 278 g/mol. The van der Waals surface area contributed by atoms with Crippen molar-refractivity contribution in [3.05, 3.63) is 64.4 Å². The molecule has 2 aromatic rings. The number of nitrogens with two attached hydrogens (primary N) is 1. The molecule has 2 aromatic carbocycles. The van der Waals surface area contributed by atoms with E-state index in [4.69, 9.17) is 27.5 Å². The third kappa shape index (κ3) is 3.23. The maximum Gasteiger partial charge on any atom is 0.130 e. The van der Waals surface area contributed by atoms with E-state index in [2.05, 4.69) is 0 Å². The third-order valence-corrected chi connectivity index (χ3v) is 2.94. The number of ether oxygens (including phenoxy) is 1. The molecule has 0 unspecified atom stereocenters. The quantitative estimate of drug-likeness (QED) is 0.666. The van der Waals surface area contributed by atoms with E-state index in [1.54, 1.807) is 24.3 Å². The molecule has 0 saturated carbocycles. The fourth-order valence-electron chi connectivity index (χ4n) is 1.62. The molecule has 0 bridgehead atoms. The Morgan fingerprint density at radius 1 is 1.26 bits per heavy atom. The van der Waals surface area contributed by atoms with Crippen molar-refractivity contribution in [3.8, 4) is 5.75 Å². The molecule has 0 aromatic heterocycles. The van der Waals surface area contributed by atoms with Crippen LogP contribution in [0.25, 0.3) is 0 Å². The molecule has 3 nitrogen and oxygen atoms in total. The summed E-state index contributed by atoms with van der Waals surface area (Å²) in [5.74, 6) is 0.0131. The summed E-state index contributed by atoms with van der Waals surface area (Å²) >= 11 is 5.95. The Morgan fingerprint density at radius 2 is 2.00 bits per heavy atom. The van der Waals surface area contributed by atoms with Crippen molar-refractivity contribution in [2.24, 2.45) is 5.73 Å². The molecule has 0 amide bonds. The number of hydrogen-bond acceptors (Lipinski definition) is 2. The minimum Gasteiger partial charge on any atom is -0.488 e. The molecule has 0 radical (unpaired) electrons. The fraction of sp³-hybridized carbons (Fsp3) is 0.0714. The van der Waals surface area contributed by atoms with Gasteiger partial charge >= 0.3 is 0 Å². The van der Waals surface area contributed by atoms with E-state index in [1.165, 1.54) is 18.2 Å². The van der Waals surface area contributed by atoms with E-state index in [1.807, 2.05) is 0 Å². The van der Waals surface area contributed by atoms with Crippen LogP contribution >= 0.6 is 11.6 Å². The summed E-state index contributed by atoms with van der Waals surface area (Å²) in [6.45, 7) is 0.112. The van der Waals surface area contributed by atoms with Crippen LogP contribution < -0.4 is 10.5 Å². The van der Waals surface area contributed by atoms with Crippen LogP contribution in [-0.4, -0.2) is 5.84 Å². The third-order valence-electron chi connectivity index (χ3n) is 2.57. The predicted molar refractivity (Wildman–Crippen MR) is 73.2 cm³/mol. The zero-order valence-corrected chi connectivity index (χ0v) is 10.7. The van der Waals surface area contributed by atoms with Crippen molar-refractivity contribution in [1.82, 2.24) is 0 Å². The van der Waals surface area contributed by atoms with Gasteiger partial charge in [0.15, 0.2) is 0 Å². The molecular weight excluding hydrogens is 267 g/mol. The molecule has 0 aliphatic carbocycles. The largest absolute Gasteiger partial charge is 0.488 e. The first-order valence-electron chi connectivity index (χ1n) is 5.58. The summed E-state index contributed by atoms with van der Waals surface area (Å²) in [7, 11) is 0. The minimum atomic E-state index is -0.372. The maximum atomic E-state index is 13.1. The number of para-hydroxylation sites is 1. The average Bonchev–Trinajstić information content (AvgIpc) is 2.40. The average molecular weight is 279 g/mol. The Labute approximate surface area is 115 Å². The highest BCUT2D eigenvalue weighted by Crippen LogP contribution is 2.22. The highest BCUT2D eigenvalue weighted by Gasteiger charge is 2.08. The summed E-state index contributed by atoms with van der Waals surface area (Å²) < 4.78 is 18.7. The summed E-state index contributed by atoms with van der Waals surface area (Å²) in [6, 6.07) is 11.0.